The van der Waals surface area contributed by atoms with Crippen LogP contribution in [0.5, 0.6) is 0 Å². The molecule has 0 spiro atoms. The third-order valence-electron chi connectivity index (χ3n) is 2.63. The van der Waals surface area contributed by atoms with Gasteiger partial charge in [-0.1, -0.05) is 0 Å². The number of nitrogens with zero attached hydrogens (tertiary/aromatic N) is 1. The average Bonchev–Trinajstić information content (AvgIpc) is 2.22. The minimum atomic E-state index is -3.91. The van der Waals surface area contributed by atoms with Crippen LogP contribution in [0.4, 0.5) is 0 Å². The maximum atomic E-state index is 12.0. The number of sulfonamides is 1. The Morgan fingerprint density at radius 2 is 2.00 bits per heavy atom. The highest BCUT2D eigenvalue weighted by Crippen LogP contribution is 2.30. The van der Waals surface area contributed by atoms with Gasteiger partial charge < -0.3 is 5.11 Å². The predicted octanol–water partition coefficient (Wildman–Crippen LogP) is 0.806. The Morgan fingerprint density at radius 3 is 2.56 bits per heavy atom. The summed E-state index contributed by atoms with van der Waals surface area (Å²) in [5.74, 6) is -0.931. The SMILES string of the molecule is CC(=O)C1=C(O)c2c(C)cc(C)nc2S(=O)(=O)N1. The van der Waals surface area contributed by atoms with Crippen molar-refractivity contribution in [3.63, 3.8) is 0 Å². The average molecular weight is 268 g/mol. The highest BCUT2D eigenvalue weighted by Gasteiger charge is 2.34. The highest BCUT2D eigenvalue weighted by molar-refractivity contribution is 7.89. The summed E-state index contributed by atoms with van der Waals surface area (Å²) in [4.78, 5) is 15.2. The summed E-state index contributed by atoms with van der Waals surface area (Å²) < 4.78 is 26.0. The molecule has 1 aliphatic heterocycles. The summed E-state index contributed by atoms with van der Waals surface area (Å²) in [5, 5.41) is 9.74. The van der Waals surface area contributed by atoms with Gasteiger partial charge in [-0.05, 0) is 25.5 Å². The summed E-state index contributed by atoms with van der Waals surface area (Å²) in [5.41, 5.74) is 0.843. The van der Waals surface area contributed by atoms with Crippen LogP contribution in [-0.4, -0.2) is 24.3 Å². The maximum absolute atomic E-state index is 12.0. The number of carbonyl (C=O) groups excluding carboxylic acids is 1. The topological polar surface area (TPSA) is 96.4 Å². The molecule has 2 rings (SSSR count). The smallest absolute Gasteiger partial charge is 0.280 e. The lowest BCUT2D eigenvalue weighted by Crippen LogP contribution is -2.33. The Bertz CT molecular complexity index is 689. The Balaban J connectivity index is 2.90. The van der Waals surface area contributed by atoms with Gasteiger partial charge in [-0.3, -0.25) is 9.52 Å². The molecule has 0 saturated heterocycles. The molecule has 0 fully saturated rings. The van der Waals surface area contributed by atoms with E-state index in [0.717, 1.165) is 0 Å². The fraction of sp³-hybridized carbons (Fsp3) is 0.273. The molecular formula is C11H12N2O4S. The standard InChI is InChI=1S/C11H12N2O4S/c1-5-4-6(2)12-11-8(5)10(15)9(7(3)14)13-18(11,16)17/h4,13,15H,1-3H3. The molecule has 1 aromatic heterocycles. The number of nitrogens with one attached hydrogen (secondary N) is 1. The van der Waals surface area contributed by atoms with Crippen molar-refractivity contribution in [2.75, 3.05) is 0 Å². The number of aryl methyl sites for hydroxylation is 2. The monoisotopic (exact) mass is 268 g/mol. The van der Waals surface area contributed by atoms with Gasteiger partial charge in [0.1, 0.15) is 5.70 Å². The highest BCUT2D eigenvalue weighted by atomic mass is 32.2. The molecule has 0 radical (unpaired) electrons. The molecule has 6 nitrogen and oxygen atoms in total. The number of aromatic nitrogens is 1. The molecule has 96 valence electrons. The van der Waals surface area contributed by atoms with Gasteiger partial charge in [0.2, 0.25) is 0 Å². The molecule has 2 N–H and O–H groups in total. The van der Waals surface area contributed by atoms with Crippen LogP contribution in [0.3, 0.4) is 0 Å². The van der Waals surface area contributed by atoms with E-state index in [2.05, 4.69) is 4.98 Å². The van der Waals surface area contributed by atoms with E-state index >= 15 is 0 Å². The lowest BCUT2D eigenvalue weighted by Gasteiger charge is -2.21. The first-order valence-corrected chi connectivity index (χ1v) is 6.68. The first-order valence-electron chi connectivity index (χ1n) is 5.19. The van der Waals surface area contributed by atoms with E-state index in [-0.39, 0.29) is 22.0 Å². The van der Waals surface area contributed by atoms with Crippen molar-refractivity contribution in [1.82, 2.24) is 9.71 Å². The van der Waals surface area contributed by atoms with Gasteiger partial charge in [0, 0.05) is 12.6 Å². The third kappa shape index (κ3) is 1.76. The summed E-state index contributed by atoms with van der Waals surface area (Å²) >= 11 is 0. The Kier molecular flexibility index (Phi) is 2.66. The Labute approximate surface area is 104 Å². The first-order chi connectivity index (χ1) is 8.24. The molecule has 2 heterocycles. The van der Waals surface area contributed by atoms with Gasteiger partial charge in [0.05, 0.1) is 5.56 Å². The molecule has 0 atom stereocenters. The molecule has 0 bridgehead atoms. The van der Waals surface area contributed by atoms with Gasteiger partial charge in [0.15, 0.2) is 16.6 Å². The molecule has 1 aromatic rings. The summed E-state index contributed by atoms with van der Waals surface area (Å²) in [7, 11) is -3.91. The number of ketones is 1. The molecule has 7 heteroatoms. The van der Waals surface area contributed by atoms with Gasteiger partial charge in [-0.25, -0.2) is 4.98 Å². The lowest BCUT2D eigenvalue weighted by molar-refractivity contribution is -0.113. The number of fused-ring (bicyclic) bond motifs is 1. The molecule has 0 amide bonds. The fourth-order valence-corrected chi connectivity index (χ4v) is 3.28. The predicted molar refractivity (Wildman–Crippen MR) is 64.3 cm³/mol. The zero-order chi connectivity index (χ0) is 13.7. The van der Waals surface area contributed by atoms with E-state index in [1.165, 1.54) is 6.92 Å². The number of aliphatic hydroxyl groups is 1. The molecule has 0 aliphatic carbocycles. The van der Waals surface area contributed by atoms with Gasteiger partial charge in [-0.2, -0.15) is 8.42 Å². The maximum Gasteiger partial charge on any atom is 0.280 e. The van der Waals surface area contributed by atoms with Crippen molar-refractivity contribution in [2.45, 2.75) is 25.8 Å². The van der Waals surface area contributed by atoms with Crippen molar-refractivity contribution in [1.29, 1.82) is 0 Å². The minimum absolute atomic E-state index is 0.0875. The molecule has 1 aliphatic rings. The van der Waals surface area contributed by atoms with E-state index in [9.17, 15) is 18.3 Å². The number of hydrogen-bond donors (Lipinski definition) is 2. The van der Waals surface area contributed by atoms with Gasteiger partial charge >= 0.3 is 0 Å². The van der Waals surface area contributed by atoms with Crippen molar-refractivity contribution >= 4 is 21.6 Å². The Hall–Kier alpha value is -1.89. The fourth-order valence-electron chi connectivity index (χ4n) is 1.88. The van der Waals surface area contributed by atoms with Crippen LogP contribution in [0.1, 0.15) is 23.7 Å². The van der Waals surface area contributed by atoms with E-state index in [0.29, 0.717) is 11.3 Å². The van der Waals surface area contributed by atoms with Crippen molar-refractivity contribution in [2.24, 2.45) is 0 Å². The summed E-state index contributed by atoms with van der Waals surface area (Å²) in [6.45, 7) is 4.49. The van der Waals surface area contributed by atoms with Crippen LogP contribution in [0.15, 0.2) is 16.8 Å². The third-order valence-corrected chi connectivity index (χ3v) is 3.91. The van der Waals surface area contributed by atoms with E-state index < -0.39 is 15.8 Å². The van der Waals surface area contributed by atoms with Crippen LogP contribution in [0, 0.1) is 13.8 Å². The van der Waals surface area contributed by atoms with Gasteiger partial charge in [-0.15, -0.1) is 0 Å². The van der Waals surface area contributed by atoms with Crippen LogP contribution in [0.25, 0.3) is 5.76 Å². The lowest BCUT2D eigenvalue weighted by atomic mass is 10.1. The Morgan fingerprint density at radius 1 is 1.39 bits per heavy atom. The van der Waals surface area contributed by atoms with Crippen molar-refractivity contribution < 1.29 is 18.3 Å². The zero-order valence-electron chi connectivity index (χ0n) is 10.1. The number of hydrogen-bond acceptors (Lipinski definition) is 5. The zero-order valence-corrected chi connectivity index (χ0v) is 10.9. The summed E-state index contributed by atoms with van der Waals surface area (Å²) in [6.07, 6.45) is 0. The molecule has 0 saturated carbocycles. The van der Waals surface area contributed by atoms with Crippen LogP contribution < -0.4 is 4.72 Å². The molecule has 18 heavy (non-hydrogen) atoms. The minimum Gasteiger partial charge on any atom is -0.505 e. The second-order valence-corrected chi connectivity index (χ2v) is 5.74. The van der Waals surface area contributed by atoms with Crippen LogP contribution in [0.2, 0.25) is 0 Å². The number of allylic oxidation sites excluding steroid dienone is 1. The van der Waals surface area contributed by atoms with E-state index in [1.54, 1.807) is 19.9 Å². The van der Waals surface area contributed by atoms with E-state index in [1.807, 2.05) is 4.72 Å². The number of aliphatic hydroxyl groups excluding tert-OH is 1. The van der Waals surface area contributed by atoms with E-state index in [4.69, 9.17) is 0 Å². The largest absolute Gasteiger partial charge is 0.505 e. The molecular weight excluding hydrogens is 256 g/mol. The quantitative estimate of drug-likeness (QED) is 0.785. The first kappa shape index (κ1) is 12.6. The second-order valence-electron chi connectivity index (χ2n) is 4.15. The normalized spacial score (nSPS) is 17.1. The second kappa shape index (κ2) is 3.81. The van der Waals surface area contributed by atoms with Crippen LogP contribution >= 0.6 is 0 Å². The number of carbonyl (C=O) groups is 1. The number of pyridine rings is 1. The molecule has 0 aromatic carbocycles. The van der Waals surface area contributed by atoms with Crippen LogP contribution in [-0.2, 0) is 14.8 Å². The van der Waals surface area contributed by atoms with Crippen molar-refractivity contribution in [3.8, 4) is 0 Å². The summed E-state index contributed by atoms with van der Waals surface area (Å²) in [6, 6.07) is 1.65. The van der Waals surface area contributed by atoms with Gasteiger partial charge in [0.25, 0.3) is 10.0 Å². The van der Waals surface area contributed by atoms with Crippen molar-refractivity contribution in [3.05, 3.63) is 28.6 Å². The number of Topliss-reactive ketones (excluding diaryl/α,β-unsaturated/α-hetero) is 1. The number of rotatable bonds is 1. The molecule has 0 unspecified atom stereocenters.